The van der Waals surface area contributed by atoms with Crippen molar-refractivity contribution < 1.29 is 4.74 Å². The Balaban J connectivity index is 2.14. The molecule has 0 saturated carbocycles. The summed E-state index contributed by atoms with van der Waals surface area (Å²) >= 11 is 9.74. The zero-order valence-electron chi connectivity index (χ0n) is 12.0. The number of rotatable bonds is 2. The molecule has 0 aliphatic carbocycles. The van der Waals surface area contributed by atoms with Crippen molar-refractivity contribution in [2.45, 2.75) is 45.4 Å². The van der Waals surface area contributed by atoms with Crippen molar-refractivity contribution in [3.05, 3.63) is 33.3 Å². The van der Waals surface area contributed by atoms with Crippen molar-refractivity contribution in [1.82, 2.24) is 4.90 Å². The molecule has 0 amide bonds. The summed E-state index contributed by atoms with van der Waals surface area (Å²) in [6.07, 6.45) is 0. The van der Waals surface area contributed by atoms with Crippen LogP contribution in [0, 0.1) is 0 Å². The summed E-state index contributed by atoms with van der Waals surface area (Å²) < 4.78 is 7.11. The zero-order valence-corrected chi connectivity index (χ0v) is 14.3. The molecule has 1 aromatic rings. The van der Waals surface area contributed by atoms with E-state index in [9.17, 15) is 0 Å². The topological polar surface area (TPSA) is 12.5 Å². The first-order chi connectivity index (χ1) is 8.67. The molecule has 0 atom stereocenters. The monoisotopic (exact) mass is 345 g/mol. The lowest BCUT2D eigenvalue weighted by Gasteiger charge is -2.47. The minimum Gasteiger partial charge on any atom is -0.367 e. The van der Waals surface area contributed by atoms with Gasteiger partial charge in [-0.05, 0) is 45.4 Å². The summed E-state index contributed by atoms with van der Waals surface area (Å²) in [5.74, 6) is 0. The Bertz CT molecular complexity index is 457. The normalized spacial score (nSPS) is 22.4. The summed E-state index contributed by atoms with van der Waals surface area (Å²) in [4.78, 5) is 2.42. The van der Waals surface area contributed by atoms with Crippen LogP contribution in [0.25, 0.3) is 0 Å². The van der Waals surface area contributed by atoms with Crippen molar-refractivity contribution in [2.75, 3.05) is 13.1 Å². The highest BCUT2D eigenvalue weighted by molar-refractivity contribution is 9.10. The molecule has 0 N–H and O–H groups in total. The van der Waals surface area contributed by atoms with E-state index in [4.69, 9.17) is 16.3 Å². The Morgan fingerprint density at radius 1 is 1.21 bits per heavy atom. The van der Waals surface area contributed by atoms with Crippen LogP contribution < -0.4 is 0 Å². The van der Waals surface area contributed by atoms with Crippen LogP contribution in [0.5, 0.6) is 0 Å². The van der Waals surface area contributed by atoms with Gasteiger partial charge in [0, 0.05) is 29.1 Å². The van der Waals surface area contributed by atoms with Gasteiger partial charge in [-0.2, -0.15) is 0 Å². The van der Waals surface area contributed by atoms with Crippen molar-refractivity contribution in [2.24, 2.45) is 0 Å². The van der Waals surface area contributed by atoms with Gasteiger partial charge in [0.15, 0.2) is 0 Å². The van der Waals surface area contributed by atoms with Gasteiger partial charge < -0.3 is 4.74 Å². The molecule has 1 fully saturated rings. The van der Waals surface area contributed by atoms with Crippen molar-refractivity contribution in [3.63, 3.8) is 0 Å². The van der Waals surface area contributed by atoms with Gasteiger partial charge in [0.05, 0.1) is 11.2 Å². The molecule has 106 valence electrons. The number of hydrogen-bond acceptors (Lipinski definition) is 2. The molecule has 1 aliphatic heterocycles. The van der Waals surface area contributed by atoms with E-state index in [2.05, 4.69) is 54.6 Å². The molecule has 0 aromatic heterocycles. The third-order valence-electron chi connectivity index (χ3n) is 3.17. The second kappa shape index (κ2) is 5.36. The molecular weight excluding hydrogens is 326 g/mol. The summed E-state index contributed by atoms with van der Waals surface area (Å²) in [6.45, 7) is 11.3. The van der Waals surface area contributed by atoms with Gasteiger partial charge in [0.25, 0.3) is 0 Å². The average molecular weight is 347 g/mol. The molecule has 4 heteroatoms. The zero-order chi connectivity index (χ0) is 14.3. The van der Waals surface area contributed by atoms with Gasteiger partial charge >= 0.3 is 0 Å². The van der Waals surface area contributed by atoms with Crippen molar-refractivity contribution in [1.29, 1.82) is 0 Å². The molecule has 2 rings (SSSR count). The van der Waals surface area contributed by atoms with Crippen LogP contribution >= 0.6 is 27.5 Å². The highest BCUT2D eigenvalue weighted by atomic mass is 79.9. The summed E-state index contributed by atoms with van der Waals surface area (Å²) in [5, 5.41) is 0.816. The lowest BCUT2D eigenvalue weighted by molar-refractivity contribution is -0.182. The highest BCUT2D eigenvalue weighted by Gasteiger charge is 2.37. The lowest BCUT2D eigenvalue weighted by atomic mass is 9.98. The second-order valence-corrected chi connectivity index (χ2v) is 7.83. The third-order valence-corrected chi connectivity index (χ3v) is 4.02. The minimum atomic E-state index is -0.121. The first-order valence-corrected chi connectivity index (χ1v) is 7.70. The molecule has 1 aliphatic rings. The SMILES string of the molecule is CC1(C)CN(Cc2ccc(Br)cc2Cl)CC(C)(C)O1. The van der Waals surface area contributed by atoms with Gasteiger partial charge in [-0.15, -0.1) is 0 Å². The van der Waals surface area contributed by atoms with Gasteiger partial charge in [0.2, 0.25) is 0 Å². The third kappa shape index (κ3) is 4.19. The summed E-state index contributed by atoms with van der Waals surface area (Å²) in [5.41, 5.74) is 0.922. The molecular formula is C15H21BrClNO. The molecule has 0 unspecified atom stereocenters. The number of morpholine rings is 1. The van der Waals surface area contributed by atoms with E-state index in [1.54, 1.807) is 0 Å². The van der Waals surface area contributed by atoms with E-state index in [1.807, 2.05) is 12.1 Å². The number of halogens is 2. The second-order valence-electron chi connectivity index (χ2n) is 6.50. The average Bonchev–Trinajstić information content (AvgIpc) is 2.17. The molecule has 1 saturated heterocycles. The minimum absolute atomic E-state index is 0.121. The van der Waals surface area contributed by atoms with E-state index >= 15 is 0 Å². The number of benzene rings is 1. The van der Waals surface area contributed by atoms with Crippen LogP contribution in [0.1, 0.15) is 33.3 Å². The number of ether oxygens (including phenoxy) is 1. The molecule has 1 heterocycles. The largest absolute Gasteiger partial charge is 0.367 e. The lowest BCUT2D eigenvalue weighted by Crippen LogP contribution is -2.56. The van der Waals surface area contributed by atoms with Gasteiger partial charge in [0.1, 0.15) is 0 Å². The smallest absolute Gasteiger partial charge is 0.0760 e. The van der Waals surface area contributed by atoms with E-state index in [0.717, 1.165) is 29.1 Å². The molecule has 1 aromatic carbocycles. The van der Waals surface area contributed by atoms with E-state index in [-0.39, 0.29) is 11.2 Å². The molecule has 0 spiro atoms. The van der Waals surface area contributed by atoms with Crippen LogP contribution in [0.3, 0.4) is 0 Å². The molecule has 0 bridgehead atoms. The number of nitrogens with zero attached hydrogens (tertiary/aromatic N) is 1. The maximum Gasteiger partial charge on any atom is 0.0760 e. The van der Waals surface area contributed by atoms with Crippen LogP contribution in [-0.2, 0) is 11.3 Å². The Hall–Kier alpha value is -0.0900. The summed E-state index contributed by atoms with van der Waals surface area (Å²) in [6, 6.07) is 6.08. The number of hydrogen-bond donors (Lipinski definition) is 0. The maximum atomic E-state index is 6.30. The fourth-order valence-electron chi connectivity index (χ4n) is 2.95. The Kier molecular flexibility index (Phi) is 4.32. The fraction of sp³-hybridized carbons (Fsp3) is 0.600. The van der Waals surface area contributed by atoms with Crippen LogP contribution in [0.15, 0.2) is 22.7 Å². The van der Waals surface area contributed by atoms with Crippen LogP contribution in [0.2, 0.25) is 5.02 Å². The van der Waals surface area contributed by atoms with Gasteiger partial charge in [-0.1, -0.05) is 33.6 Å². The van der Waals surface area contributed by atoms with E-state index in [0.29, 0.717) is 0 Å². The van der Waals surface area contributed by atoms with Crippen LogP contribution in [0.4, 0.5) is 0 Å². The first-order valence-electron chi connectivity index (χ1n) is 6.53. The van der Waals surface area contributed by atoms with Gasteiger partial charge in [-0.25, -0.2) is 0 Å². The molecule has 19 heavy (non-hydrogen) atoms. The van der Waals surface area contributed by atoms with Crippen LogP contribution in [-0.4, -0.2) is 29.2 Å². The summed E-state index contributed by atoms with van der Waals surface area (Å²) in [7, 11) is 0. The van der Waals surface area contributed by atoms with E-state index in [1.165, 1.54) is 5.56 Å². The highest BCUT2D eigenvalue weighted by Crippen LogP contribution is 2.30. The Labute approximate surface area is 129 Å². The predicted molar refractivity (Wildman–Crippen MR) is 83.7 cm³/mol. The maximum absolute atomic E-state index is 6.30. The Morgan fingerprint density at radius 3 is 2.32 bits per heavy atom. The first kappa shape index (κ1) is 15.3. The fourth-order valence-corrected chi connectivity index (χ4v) is 3.68. The quantitative estimate of drug-likeness (QED) is 0.782. The molecule has 0 radical (unpaired) electrons. The predicted octanol–water partition coefficient (Wildman–Crippen LogP) is 4.49. The molecule has 2 nitrogen and oxygen atoms in total. The van der Waals surface area contributed by atoms with Crippen molar-refractivity contribution >= 4 is 27.5 Å². The Morgan fingerprint density at radius 2 is 1.79 bits per heavy atom. The van der Waals surface area contributed by atoms with Gasteiger partial charge in [-0.3, -0.25) is 4.90 Å². The standard InChI is InChI=1S/C15H21BrClNO/c1-14(2)9-18(10-15(3,4)19-14)8-11-5-6-12(16)7-13(11)17/h5-7H,8-10H2,1-4H3. The van der Waals surface area contributed by atoms with E-state index < -0.39 is 0 Å². The van der Waals surface area contributed by atoms with Crippen molar-refractivity contribution in [3.8, 4) is 0 Å².